The highest BCUT2D eigenvalue weighted by Crippen LogP contribution is 2.17. The maximum absolute atomic E-state index is 12.0. The molecule has 0 saturated carbocycles. The summed E-state index contributed by atoms with van der Waals surface area (Å²) in [6.45, 7) is 3.94. The van der Waals surface area contributed by atoms with Crippen molar-refractivity contribution in [3.05, 3.63) is 58.6 Å². The van der Waals surface area contributed by atoms with E-state index < -0.39 is 11.0 Å². The van der Waals surface area contributed by atoms with Gasteiger partial charge in [0.1, 0.15) is 0 Å². The average Bonchev–Trinajstić information content (AvgIpc) is 2.56. The minimum Gasteiger partial charge on any atom is -0.326 e. The number of carbonyl (C=O) groups is 2. The summed E-state index contributed by atoms with van der Waals surface area (Å²) in [5.74, 6) is 0.218. The molecule has 2 aromatic carbocycles. The van der Waals surface area contributed by atoms with Crippen LogP contribution in [0.2, 0.25) is 0 Å². The molecule has 0 radical (unpaired) electrons. The summed E-state index contributed by atoms with van der Waals surface area (Å²) in [5.41, 5.74) is 1.58. The van der Waals surface area contributed by atoms with E-state index >= 15 is 0 Å². The van der Waals surface area contributed by atoms with Gasteiger partial charge in [-0.05, 0) is 42.3 Å². The van der Waals surface area contributed by atoms with Gasteiger partial charge in [0.15, 0.2) is 0 Å². The zero-order chi connectivity index (χ0) is 19.1. The van der Waals surface area contributed by atoms with Crippen LogP contribution in [0, 0.1) is 16.0 Å². The summed E-state index contributed by atoms with van der Waals surface area (Å²) in [4.78, 5) is 33.8. The minimum absolute atomic E-state index is 0.0499. The van der Waals surface area contributed by atoms with Crippen molar-refractivity contribution in [2.24, 2.45) is 5.92 Å². The van der Waals surface area contributed by atoms with Crippen LogP contribution < -0.4 is 16.0 Å². The van der Waals surface area contributed by atoms with E-state index in [0.29, 0.717) is 23.5 Å². The molecular weight excluding hydrogens is 336 g/mol. The van der Waals surface area contributed by atoms with Gasteiger partial charge in [0.2, 0.25) is 5.91 Å². The molecule has 0 atom stereocenters. The van der Waals surface area contributed by atoms with Crippen molar-refractivity contribution >= 4 is 34.7 Å². The summed E-state index contributed by atoms with van der Waals surface area (Å²) >= 11 is 0. The number of urea groups is 1. The number of hydrogen-bond donors (Lipinski definition) is 3. The number of rotatable bonds is 6. The van der Waals surface area contributed by atoms with Gasteiger partial charge in [0.05, 0.1) is 4.92 Å². The molecule has 0 aromatic heterocycles. The monoisotopic (exact) mass is 356 g/mol. The Morgan fingerprint density at radius 2 is 1.31 bits per heavy atom. The number of nitro groups is 1. The maximum Gasteiger partial charge on any atom is 0.323 e. The van der Waals surface area contributed by atoms with Crippen LogP contribution in [0.5, 0.6) is 0 Å². The molecule has 0 aliphatic heterocycles. The molecule has 0 bridgehead atoms. The summed E-state index contributed by atoms with van der Waals surface area (Å²) in [7, 11) is 0. The van der Waals surface area contributed by atoms with Gasteiger partial charge in [-0.2, -0.15) is 0 Å². The van der Waals surface area contributed by atoms with Gasteiger partial charge in [0.25, 0.3) is 5.69 Å². The first kappa shape index (κ1) is 18.9. The van der Waals surface area contributed by atoms with Gasteiger partial charge in [-0.25, -0.2) is 4.79 Å². The number of anilines is 3. The first-order valence-corrected chi connectivity index (χ1v) is 8.06. The van der Waals surface area contributed by atoms with E-state index in [-0.39, 0.29) is 17.5 Å². The van der Waals surface area contributed by atoms with Crippen LogP contribution in [0.25, 0.3) is 0 Å². The predicted molar refractivity (Wildman–Crippen MR) is 100 cm³/mol. The van der Waals surface area contributed by atoms with Crippen LogP contribution in [0.1, 0.15) is 20.3 Å². The first-order chi connectivity index (χ1) is 12.3. The Labute approximate surface area is 150 Å². The lowest BCUT2D eigenvalue weighted by Gasteiger charge is -2.10. The third-order valence-electron chi connectivity index (χ3n) is 3.36. The van der Waals surface area contributed by atoms with Gasteiger partial charge in [-0.1, -0.05) is 13.8 Å². The second-order valence-electron chi connectivity index (χ2n) is 6.11. The molecule has 3 amide bonds. The fraction of sp³-hybridized carbons (Fsp3) is 0.222. The normalized spacial score (nSPS) is 10.3. The van der Waals surface area contributed by atoms with E-state index in [1.165, 1.54) is 24.3 Å². The topological polar surface area (TPSA) is 113 Å². The van der Waals surface area contributed by atoms with Crippen molar-refractivity contribution in [3.63, 3.8) is 0 Å². The molecule has 3 N–H and O–H groups in total. The van der Waals surface area contributed by atoms with Crippen molar-refractivity contribution in [2.45, 2.75) is 20.3 Å². The van der Waals surface area contributed by atoms with Crippen molar-refractivity contribution in [2.75, 3.05) is 16.0 Å². The molecule has 0 unspecified atom stereocenters. The van der Waals surface area contributed by atoms with Gasteiger partial charge in [-0.3, -0.25) is 14.9 Å². The molecule has 2 rings (SSSR count). The van der Waals surface area contributed by atoms with Crippen LogP contribution in [-0.2, 0) is 4.79 Å². The molecular formula is C18H20N4O4. The van der Waals surface area contributed by atoms with Gasteiger partial charge < -0.3 is 16.0 Å². The average molecular weight is 356 g/mol. The van der Waals surface area contributed by atoms with Gasteiger partial charge >= 0.3 is 6.03 Å². The summed E-state index contributed by atoms with van der Waals surface area (Å²) < 4.78 is 0. The van der Waals surface area contributed by atoms with Crippen molar-refractivity contribution < 1.29 is 14.5 Å². The number of non-ortho nitro benzene ring substituents is 1. The van der Waals surface area contributed by atoms with Crippen LogP contribution in [0.15, 0.2) is 48.5 Å². The second-order valence-corrected chi connectivity index (χ2v) is 6.11. The fourth-order valence-electron chi connectivity index (χ4n) is 2.18. The number of benzene rings is 2. The number of nitrogens with one attached hydrogen (secondary N) is 3. The summed E-state index contributed by atoms with van der Waals surface area (Å²) in [6.07, 6.45) is 0.442. The molecule has 2 aromatic rings. The smallest absolute Gasteiger partial charge is 0.323 e. The van der Waals surface area contributed by atoms with Crippen LogP contribution in [0.3, 0.4) is 0 Å². The minimum atomic E-state index is -0.509. The Balaban J connectivity index is 1.88. The molecule has 8 heteroatoms. The number of amides is 3. The maximum atomic E-state index is 12.0. The Kier molecular flexibility index (Phi) is 6.26. The summed E-state index contributed by atoms with van der Waals surface area (Å²) in [5, 5.41) is 18.6. The third-order valence-corrected chi connectivity index (χ3v) is 3.36. The first-order valence-electron chi connectivity index (χ1n) is 8.06. The molecule has 0 fully saturated rings. The van der Waals surface area contributed by atoms with Crippen LogP contribution in [0.4, 0.5) is 27.5 Å². The molecule has 0 heterocycles. The van der Waals surface area contributed by atoms with Crippen LogP contribution in [-0.4, -0.2) is 16.9 Å². The molecule has 0 saturated heterocycles. The van der Waals surface area contributed by atoms with E-state index in [4.69, 9.17) is 0 Å². The highest BCUT2D eigenvalue weighted by Gasteiger charge is 2.08. The van der Waals surface area contributed by atoms with Crippen LogP contribution >= 0.6 is 0 Å². The van der Waals surface area contributed by atoms with Gasteiger partial charge in [0, 0.05) is 35.6 Å². The van der Waals surface area contributed by atoms with E-state index in [2.05, 4.69) is 16.0 Å². The van der Waals surface area contributed by atoms with Crippen molar-refractivity contribution in [1.82, 2.24) is 0 Å². The highest BCUT2D eigenvalue weighted by atomic mass is 16.6. The third kappa shape index (κ3) is 5.90. The SMILES string of the molecule is CC(C)CC(=O)Nc1ccc(NC(=O)Nc2ccc([N+](=O)[O-])cc2)cc1. The zero-order valence-electron chi connectivity index (χ0n) is 14.5. The zero-order valence-corrected chi connectivity index (χ0v) is 14.5. The number of carbonyl (C=O) groups excluding carboxylic acids is 2. The predicted octanol–water partition coefficient (Wildman–Crippen LogP) is 4.22. The standard InChI is InChI=1S/C18H20N4O4/c1-12(2)11-17(23)19-13-3-5-14(6-4-13)20-18(24)21-15-7-9-16(10-8-15)22(25)26/h3-10,12H,11H2,1-2H3,(H,19,23)(H2,20,21,24). The molecule has 8 nitrogen and oxygen atoms in total. The summed E-state index contributed by atoms with van der Waals surface area (Å²) in [6, 6.07) is 11.8. The van der Waals surface area contributed by atoms with E-state index in [1.807, 2.05) is 13.8 Å². The number of hydrogen-bond acceptors (Lipinski definition) is 4. The Morgan fingerprint density at radius 1 is 0.885 bits per heavy atom. The molecule has 26 heavy (non-hydrogen) atoms. The Hall–Kier alpha value is -3.42. The second kappa shape index (κ2) is 8.61. The lowest BCUT2D eigenvalue weighted by Crippen LogP contribution is -2.19. The molecule has 0 aliphatic carbocycles. The van der Waals surface area contributed by atoms with Crippen molar-refractivity contribution in [3.8, 4) is 0 Å². The Bertz CT molecular complexity index is 786. The Morgan fingerprint density at radius 3 is 1.73 bits per heavy atom. The van der Waals surface area contributed by atoms with Gasteiger partial charge in [-0.15, -0.1) is 0 Å². The van der Waals surface area contributed by atoms with Crippen molar-refractivity contribution in [1.29, 1.82) is 0 Å². The number of nitro benzene ring substituents is 1. The highest BCUT2D eigenvalue weighted by molar-refractivity contribution is 6.00. The lowest BCUT2D eigenvalue weighted by molar-refractivity contribution is -0.384. The van der Waals surface area contributed by atoms with E-state index in [1.54, 1.807) is 24.3 Å². The lowest BCUT2D eigenvalue weighted by atomic mass is 10.1. The molecule has 0 spiro atoms. The molecule has 136 valence electrons. The molecule has 0 aliphatic rings. The number of nitrogens with zero attached hydrogens (tertiary/aromatic N) is 1. The fourth-order valence-corrected chi connectivity index (χ4v) is 2.18. The quantitative estimate of drug-likeness (QED) is 0.531. The largest absolute Gasteiger partial charge is 0.326 e. The van der Waals surface area contributed by atoms with E-state index in [0.717, 1.165) is 0 Å². The van der Waals surface area contributed by atoms with E-state index in [9.17, 15) is 19.7 Å².